The minimum Gasteiger partial charge on any atom is -0.456 e. The van der Waals surface area contributed by atoms with Gasteiger partial charge in [0.25, 0.3) is 5.91 Å². The molecule has 7 heteroatoms. The number of aryl methyl sites for hydroxylation is 1. The fourth-order valence-corrected chi connectivity index (χ4v) is 4.29. The molecule has 0 bridgehead atoms. The van der Waals surface area contributed by atoms with Crippen molar-refractivity contribution in [2.75, 3.05) is 0 Å². The Balaban J connectivity index is 1.28. The van der Waals surface area contributed by atoms with E-state index in [-0.39, 0.29) is 11.3 Å². The molecule has 0 fully saturated rings. The van der Waals surface area contributed by atoms with Gasteiger partial charge in [-0.1, -0.05) is 23.8 Å². The number of benzene rings is 2. The first-order valence-corrected chi connectivity index (χ1v) is 11.2. The quantitative estimate of drug-likeness (QED) is 0.395. The maximum absolute atomic E-state index is 12.6. The molecular weight excluding hydrogens is 434 g/mol. The van der Waals surface area contributed by atoms with Crippen LogP contribution in [0.15, 0.2) is 87.6 Å². The van der Waals surface area contributed by atoms with Gasteiger partial charge in [-0.2, -0.15) is 0 Å². The van der Waals surface area contributed by atoms with Gasteiger partial charge in [0.15, 0.2) is 5.43 Å². The normalized spacial score (nSPS) is 10.9. The zero-order chi connectivity index (χ0) is 22.8. The Morgan fingerprint density at radius 1 is 1.06 bits per heavy atom. The molecule has 2 aromatic carbocycles. The van der Waals surface area contributed by atoms with Crippen molar-refractivity contribution in [3.8, 4) is 21.9 Å². The molecule has 3 aromatic heterocycles. The molecule has 0 saturated carbocycles. The molecule has 1 N–H and O–H groups in total. The van der Waals surface area contributed by atoms with Gasteiger partial charge in [-0.25, -0.2) is 4.98 Å². The summed E-state index contributed by atoms with van der Waals surface area (Å²) in [4.78, 5) is 33.7. The van der Waals surface area contributed by atoms with Gasteiger partial charge in [0.2, 0.25) is 0 Å². The van der Waals surface area contributed by atoms with Gasteiger partial charge >= 0.3 is 0 Å². The van der Waals surface area contributed by atoms with Gasteiger partial charge < -0.3 is 9.73 Å². The van der Waals surface area contributed by atoms with Crippen LogP contribution in [0, 0.1) is 6.92 Å². The second kappa shape index (κ2) is 8.80. The zero-order valence-corrected chi connectivity index (χ0v) is 18.6. The molecule has 162 valence electrons. The van der Waals surface area contributed by atoms with Crippen molar-refractivity contribution in [2.45, 2.75) is 13.5 Å². The predicted octanol–water partition coefficient (Wildman–Crippen LogP) is 5.22. The van der Waals surface area contributed by atoms with Crippen molar-refractivity contribution >= 4 is 28.2 Å². The van der Waals surface area contributed by atoms with E-state index in [4.69, 9.17) is 4.42 Å². The number of rotatable bonds is 5. The molecular formula is C26H19N3O3S. The predicted molar refractivity (Wildman–Crippen MR) is 129 cm³/mol. The summed E-state index contributed by atoms with van der Waals surface area (Å²) in [5.41, 5.74) is 4.43. The van der Waals surface area contributed by atoms with E-state index in [0.29, 0.717) is 28.8 Å². The van der Waals surface area contributed by atoms with Gasteiger partial charge in [0.1, 0.15) is 16.4 Å². The highest BCUT2D eigenvalue weighted by atomic mass is 32.1. The van der Waals surface area contributed by atoms with Crippen molar-refractivity contribution in [3.63, 3.8) is 0 Å². The molecule has 33 heavy (non-hydrogen) atoms. The zero-order valence-electron chi connectivity index (χ0n) is 17.7. The number of nitrogens with one attached hydrogen (secondary N) is 1. The number of hydrogen-bond acceptors (Lipinski definition) is 6. The van der Waals surface area contributed by atoms with E-state index in [2.05, 4.69) is 15.3 Å². The summed E-state index contributed by atoms with van der Waals surface area (Å²) in [6.07, 6.45) is 3.49. The fourth-order valence-electron chi connectivity index (χ4n) is 3.48. The van der Waals surface area contributed by atoms with E-state index in [1.54, 1.807) is 42.7 Å². The van der Waals surface area contributed by atoms with Gasteiger partial charge in [-0.05, 0) is 43.3 Å². The van der Waals surface area contributed by atoms with Crippen molar-refractivity contribution in [1.82, 2.24) is 15.3 Å². The highest BCUT2D eigenvalue weighted by Gasteiger charge is 2.11. The Kier molecular flexibility index (Phi) is 5.54. The molecule has 0 radical (unpaired) electrons. The van der Waals surface area contributed by atoms with Crippen molar-refractivity contribution in [1.29, 1.82) is 0 Å². The Morgan fingerprint density at radius 2 is 1.91 bits per heavy atom. The molecule has 1 amide bonds. The third kappa shape index (κ3) is 4.44. The summed E-state index contributed by atoms with van der Waals surface area (Å²) >= 11 is 1.51. The summed E-state index contributed by atoms with van der Waals surface area (Å²) in [7, 11) is 0. The van der Waals surface area contributed by atoms with E-state index in [9.17, 15) is 9.59 Å². The van der Waals surface area contributed by atoms with Crippen LogP contribution in [0.25, 0.3) is 32.9 Å². The standard InChI is InChI=1S/C26H19N3O3S/c1-16-4-9-23-21(11-16)22(30)12-24(32-23)17-5-7-18(8-6-17)25(31)28-14-20-15-33-26(29-20)19-3-2-10-27-13-19/h2-13,15H,14H2,1H3,(H,28,31). The second-order valence-corrected chi connectivity index (χ2v) is 8.48. The number of fused-ring (bicyclic) bond motifs is 1. The molecule has 0 spiro atoms. The van der Waals surface area contributed by atoms with Crippen LogP contribution in [-0.2, 0) is 6.54 Å². The van der Waals surface area contributed by atoms with E-state index in [1.807, 2.05) is 36.6 Å². The Morgan fingerprint density at radius 3 is 2.70 bits per heavy atom. The van der Waals surface area contributed by atoms with Crippen LogP contribution >= 0.6 is 11.3 Å². The monoisotopic (exact) mass is 453 g/mol. The van der Waals surface area contributed by atoms with Crippen molar-refractivity contribution < 1.29 is 9.21 Å². The lowest BCUT2D eigenvalue weighted by molar-refractivity contribution is 0.0950. The molecule has 6 nitrogen and oxygen atoms in total. The lowest BCUT2D eigenvalue weighted by atomic mass is 10.1. The number of hydrogen-bond donors (Lipinski definition) is 1. The van der Waals surface area contributed by atoms with Gasteiger partial charge in [0, 0.05) is 40.5 Å². The smallest absolute Gasteiger partial charge is 0.251 e. The molecule has 0 aliphatic rings. The largest absolute Gasteiger partial charge is 0.456 e. The van der Waals surface area contributed by atoms with Crippen LogP contribution in [-0.4, -0.2) is 15.9 Å². The Labute approximate surface area is 193 Å². The molecule has 0 unspecified atom stereocenters. The van der Waals surface area contributed by atoms with Crippen molar-refractivity contribution in [2.24, 2.45) is 0 Å². The Hall–Kier alpha value is -4.10. The lowest BCUT2D eigenvalue weighted by Crippen LogP contribution is -2.22. The first kappa shape index (κ1) is 20.8. The number of aromatic nitrogens is 2. The van der Waals surface area contributed by atoms with Gasteiger partial charge in [-0.3, -0.25) is 14.6 Å². The van der Waals surface area contributed by atoms with Crippen LogP contribution in [0.3, 0.4) is 0 Å². The molecule has 5 rings (SSSR count). The third-order valence-electron chi connectivity index (χ3n) is 5.20. The van der Waals surface area contributed by atoms with E-state index in [0.717, 1.165) is 27.4 Å². The molecule has 0 atom stereocenters. The SMILES string of the molecule is Cc1ccc2oc(-c3ccc(C(=O)NCc4csc(-c5cccnc5)n4)cc3)cc(=O)c2c1. The number of thiazole rings is 1. The maximum atomic E-state index is 12.6. The lowest BCUT2D eigenvalue weighted by Gasteiger charge is -2.06. The average molecular weight is 454 g/mol. The van der Waals surface area contributed by atoms with Crippen LogP contribution in [0.1, 0.15) is 21.6 Å². The summed E-state index contributed by atoms with van der Waals surface area (Å²) in [6, 6.07) is 17.8. The van der Waals surface area contributed by atoms with Gasteiger partial charge in [-0.15, -0.1) is 11.3 Å². The van der Waals surface area contributed by atoms with Crippen molar-refractivity contribution in [3.05, 3.63) is 105 Å². The molecule has 0 aliphatic carbocycles. The van der Waals surface area contributed by atoms with Crippen LogP contribution in [0.2, 0.25) is 0 Å². The van der Waals surface area contributed by atoms with Crippen LogP contribution < -0.4 is 10.7 Å². The average Bonchev–Trinajstić information content (AvgIpc) is 3.33. The molecule has 3 heterocycles. The topological polar surface area (TPSA) is 85.1 Å². The van der Waals surface area contributed by atoms with Gasteiger partial charge in [0.05, 0.1) is 17.6 Å². The summed E-state index contributed by atoms with van der Waals surface area (Å²) in [5, 5.41) is 6.24. The number of carbonyl (C=O) groups excluding carboxylic acids is 1. The minimum absolute atomic E-state index is 0.0920. The maximum Gasteiger partial charge on any atom is 0.251 e. The molecule has 0 aliphatic heterocycles. The minimum atomic E-state index is -0.201. The van der Waals surface area contributed by atoms with Crippen LogP contribution in [0.5, 0.6) is 0 Å². The van der Waals surface area contributed by atoms with E-state index >= 15 is 0 Å². The van der Waals surface area contributed by atoms with E-state index in [1.165, 1.54) is 17.4 Å². The molecule has 5 aromatic rings. The molecule has 0 saturated heterocycles. The first-order chi connectivity index (χ1) is 16.1. The highest BCUT2D eigenvalue weighted by molar-refractivity contribution is 7.13. The highest BCUT2D eigenvalue weighted by Crippen LogP contribution is 2.24. The number of carbonyl (C=O) groups is 1. The van der Waals surface area contributed by atoms with Crippen LogP contribution in [0.4, 0.5) is 0 Å². The Bertz CT molecular complexity index is 1510. The fraction of sp³-hybridized carbons (Fsp3) is 0.0769. The third-order valence-corrected chi connectivity index (χ3v) is 6.14. The first-order valence-electron chi connectivity index (χ1n) is 10.3. The second-order valence-electron chi connectivity index (χ2n) is 7.62. The number of nitrogens with zero attached hydrogens (tertiary/aromatic N) is 2. The summed E-state index contributed by atoms with van der Waals surface area (Å²) < 4.78 is 5.92. The summed E-state index contributed by atoms with van der Waals surface area (Å²) in [5.74, 6) is 0.265. The number of amides is 1. The summed E-state index contributed by atoms with van der Waals surface area (Å²) in [6.45, 7) is 2.26. The van der Waals surface area contributed by atoms with E-state index < -0.39 is 0 Å². The number of pyridine rings is 1.